The van der Waals surface area contributed by atoms with Crippen molar-refractivity contribution in [2.45, 2.75) is 40.2 Å². The Balaban J connectivity index is 0.00000529. The lowest BCUT2D eigenvalue weighted by Crippen LogP contribution is -2.39. The van der Waals surface area contributed by atoms with Crippen LogP contribution in [0.15, 0.2) is 23.2 Å². The summed E-state index contributed by atoms with van der Waals surface area (Å²) in [6.45, 7) is 8.66. The quantitative estimate of drug-likeness (QED) is 0.342. The number of hydrogen-bond acceptors (Lipinski definition) is 3. The van der Waals surface area contributed by atoms with Gasteiger partial charge in [0.25, 0.3) is 0 Å². The normalized spacial score (nSPS) is 11.0. The third kappa shape index (κ3) is 7.59. The molecule has 0 spiro atoms. The van der Waals surface area contributed by atoms with E-state index in [9.17, 15) is 0 Å². The molecule has 24 heavy (non-hydrogen) atoms. The van der Waals surface area contributed by atoms with Gasteiger partial charge in [0.1, 0.15) is 0 Å². The maximum atomic E-state index is 5.54. The highest BCUT2D eigenvalue weighted by molar-refractivity contribution is 14.0. The van der Waals surface area contributed by atoms with Gasteiger partial charge in [-0.3, -0.25) is 4.99 Å². The molecule has 1 rings (SSSR count). The second-order valence-electron chi connectivity index (χ2n) is 5.41. The van der Waals surface area contributed by atoms with Gasteiger partial charge in [0.2, 0.25) is 0 Å². The molecule has 2 N–H and O–H groups in total. The highest BCUT2D eigenvalue weighted by Crippen LogP contribution is 2.27. The maximum Gasteiger partial charge on any atom is 0.191 e. The molecule has 0 heterocycles. The van der Waals surface area contributed by atoms with E-state index in [1.165, 1.54) is 12.8 Å². The summed E-state index contributed by atoms with van der Waals surface area (Å²) < 4.78 is 10.9. The number of aliphatic imine (C=N–C) groups is 1. The highest BCUT2D eigenvalue weighted by Gasteiger charge is 2.07. The first-order valence-corrected chi connectivity index (χ1v) is 8.42. The van der Waals surface area contributed by atoms with Gasteiger partial charge < -0.3 is 20.1 Å². The fourth-order valence-corrected chi connectivity index (χ4v) is 2.32. The lowest BCUT2D eigenvalue weighted by atomic mass is 10.0. The number of ether oxygens (including phenoxy) is 2. The molecular formula is C18H32IN3O2. The van der Waals surface area contributed by atoms with E-state index >= 15 is 0 Å². The van der Waals surface area contributed by atoms with Crippen LogP contribution in [-0.2, 0) is 6.54 Å². The molecule has 138 valence electrons. The van der Waals surface area contributed by atoms with Crippen LogP contribution in [0.1, 0.15) is 39.2 Å². The van der Waals surface area contributed by atoms with E-state index in [4.69, 9.17) is 9.47 Å². The number of halogens is 1. The summed E-state index contributed by atoms with van der Waals surface area (Å²) >= 11 is 0. The van der Waals surface area contributed by atoms with E-state index < -0.39 is 0 Å². The van der Waals surface area contributed by atoms with Gasteiger partial charge in [-0.1, -0.05) is 32.8 Å². The van der Waals surface area contributed by atoms with Gasteiger partial charge >= 0.3 is 0 Å². The fraction of sp³-hybridized carbons (Fsp3) is 0.611. The summed E-state index contributed by atoms with van der Waals surface area (Å²) in [4.78, 5) is 4.27. The number of nitrogens with one attached hydrogen (secondary N) is 2. The monoisotopic (exact) mass is 449 g/mol. The molecule has 0 aliphatic carbocycles. The van der Waals surface area contributed by atoms with E-state index in [2.05, 4.69) is 29.5 Å². The smallest absolute Gasteiger partial charge is 0.191 e. The van der Waals surface area contributed by atoms with Crippen LogP contribution in [-0.4, -0.2) is 33.3 Å². The molecule has 0 aromatic heterocycles. The topological polar surface area (TPSA) is 54.9 Å². The molecule has 0 unspecified atom stereocenters. The van der Waals surface area contributed by atoms with Crippen molar-refractivity contribution < 1.29 is 9.47 Å². The third-order valence-electron chi connectivity index (χ3n) is 3.92. The molecule has 0 fully saturated rings. The Kier molecular flexibility index (Phi) is 12.5. The lowest BCUT2D eigenvalue weighted by Gasteiger charge is -2.17. The Morgan fingerprint density at radius 1 is 1.12 bits per heavy atom. The third-order valence-corrected chi connectivity index (χ3v) is 3.92. The van der Waals surface area contributed by atoms with Gasteiger partial charge in [0, 0.05) is 20.1 Å². The second kappa shape index (κ2) is 13.1. The van der Waals surface area contributed by atoms with Gasteiger partial charge in [0.15, 0.2) is 17.5 Å². The maximum absolute atomic E-state index is 5.54. The van der Waals surface area contributed by atoms with E-state index in [1.54, 1.807) is 14.2 Å². The minimum Gasteiger partial charge on any atom is -0.493 e. The van der Waals surface area contributed by atoms with Crippen LogP contribution in [0.5, 0.6) is 11.5 Å². The molecule has 0 radical (unpaired) electrons. The van der Waals surface area contributed by atoms with E-state index in [0.717, 1.165) is 29.6 Å². The van der Waals surface area contributed by atoms with Crippen LogP contribution >= 0.6 is 24.0 Å². The molecule has 1 aromatic carbocycles. The minimum atomic E-state index is 0. The van der Waals surface area contributed by atoms with Gasteiger partial charge in [-0.15, -0.1) is 24.0 Å². The Morgan fingerprint density at radius 3 is 2.38 bits per heavy atom. The van der Waals surface area contributed by atoms with Crippen LogP contribution < -0.4 is 20.1 Å². The molecule has 0 bridgehead atoms. The van der Waals surface area contributed by atoms with Crippen molar-refractivity contribution in [2.75, 3.05) is 27.3 Å². The van der Waals surface area contributed by atoms with E-state index in [1.807, 2.05) is 25.1 Å². The predicted octanol–water partition coefficient (Wildman–Crippen LogP) is 3.81. The van der Waals surface area contributed by atoms with Crippen LogP contribution in [0.2, 0.25) is 0 Å². The van der Waals surface area contributed by atoms with Gasteiger partial charge in [-0.05, 0) is 30.5 Å². The Labute approximate surface area is 163 Å². The average Bonchev–Trinajstić information content (AvgIpc) is 2.59. The molecule has 5 nitrogen and oxygen atoms in total. The Hall–Kier alpha value is -1.18. The number of methoxy groups -OCH3 is 1. The lowest BCUT2D eigenvalue weighted by molar-refractivity contribution is 0.310. The zero-order valence-corrected chi connectivity index (χ0v) is 17.8. The van der Waals surface area contributed by atoms with Crippen molar-refractivity contribution in [1.29, 1.82) is 0 Å². The second-order valence-corrected chi connectivity index (χ2v) is 5.41. The van der Waals surface area contributed by atoms with Crippen molar-refractivity contribution >= 4 is 29.9 Å². The summed E-state index contributed by atoms with van der Waals surface area (Å²) in [5.41, 5.74) is 1.12. The largest absolute Gasteiger partial charge is 0.493 e. The molecule has 0 amide bonds. The zero-order valence-electron chi connectivity index (χ0n) is 15.5. The van der Waals surface area contributed by atoms with E-state index in [0.29, 0.717) is 19.1 Å². The molecular weight excluding hydrogens is 417 g/mol. The van der Waals surface area contributed by atoms with Crippen molar-refractivity contribution in [3.63, 3.8) is 0 Å². The minimum absolute atomic E-state index is 0. The van der Waals surface area contributed by atoms with Crippen molar-refractivity contribution in [1.82, 2.24) is 10.6 Å². The summed E-state index contributed by atoms with van der Waals surface area (Å²) in [5, 5.41) is 6.72. The molecule has 1 aromatic rings. The first-order valence-electron chi connectivity index (χ1n) is 8.42. The van der Waals surface area contributed by atoms with Gasteiger partial charge in [-0.25, -0.2) is 0 Å². The first-order chi connectivity index (χ1) is 11.2. The summed E-state index contributed by atoms with van der Waals surface area (Å²) in [6.07, 6.45) is 2.35. The summed E-state index contributed by atoms with van der Waals surface area (Å²) in [7, 11) is 3.45. The molecule has 0 aliphatic heterocycles. The SMILES string of the molecule is CCOc1ccc(CNC(=NC)NCC(CC)CC)cc1OC.I. The predicted molar refractivity (Wildman–Crippen MR) is 112 cm³/mol. The number of benzene rings is 1. The highest BCUT2D eigenvalue weighted by atomic mass is 127. The Morgan fingerprint density at radius 2 is 1.83 bits per heavy atom. The van der Waals surface area contributed by atoms with Crippen LogP contribution in [0, 0.1) is 5.92 Å². The van der Waals surface area contributed by atoms with Crippen LogP contribution in [0.3, 0.4) is 0 Å². The molecule has 0 saturated heterocycles. The summed E-state index contributed by atoms with van der Waals surface area (Å²) in [5.74, 6) is 3.03. The van der Waals surface area contributed by atoms with Crippen molar-refractivity contribution in [3.05, 3.63) is 23.8 Å². The summed E-state index contributed by atoms with van der Waals surface area (Å²) in [6, 6.07) is 5.97. The molecule has 6 heteroatoms. The fourth-order valence-electron chi connectivity index (χ4n) is 2.32. The van der Waals surface area contributed by atoms with Gasteiger partial charge in [-0.2, -0.15) is 0 Å². The van der Waals surface area contributed by atoms with Crippen LogP contribution in [0.25, 0.3) is 0 Å². The number of hydrogen-bond donors (Lipinski definition) is 2. The number of guanidine groups is 1. The Bertz CT molecular complexity index is 491. The first kappa shape index (κ1) is 22.8. The zero-order chi connectivity index (χ0) is 17.1. The standard InChI is InChI=1S/C18H31N3O2.HI/c1-6-14(7-2)12-20-18(19-4)21-13-15-9-10-16(23-8-3)17(11-15)22-5;/h9-11,14H,6-8,12-13H2,1-5H3,(H2,19,20,21);1H. The number of nitrogens with zero attached hydrogens (tertiary/aromatic N) is 1. The average molecular weight is 449 g/mol. The van der Waals surface area contributed by atoms with Crippen LogP contribution in [0.4, 0.5) is 0 Å². The molecule has 0 aliphatic rings. The molecule has 0 saturated carbocycles. The van der Waals surface area contributed by atoms with E-state index in [-0.39, 0.29) is 24.0 Å². The van der Waals surface area contributed by atoms with Gasteiger partial charge in [0.05, 0.1) is 13.7 Å². The van der Waals surface area contributed by atoms with Crippen molar-refractivity contribution in [2.24, 2.45) is 10.9 Å². The number of rotatable bonds is 9. The molecule has 0 atom stereocenters. The van der Waals surface area contributed by atoms with Crippen molar-refractivity contribution in [3.8, 4) is 11.5 Å².